The Bertz CT molecular complexity index is 485. The number of carbonyl (C=O) groups is 1. The smallest absolute Gasteiger partial charge is 0.232 e. The first kappa shape index (κ1) is 12.5. The van der Waals surface area contributed by atoms with Gasteiger partial charge in [-0.15, -0.1) is 0 Å². The van der Waals surface area contributed by atoms with Crippen molar-refractivity contribution in [3.05, 3.63) is 35.6 Å². The molecule has 1 amide bonds. The normalized spacial score (nSPS) is 21.9. The topological polar surface area (TPSA) is 77.2 Å². The summed E-state index contributed by atoms with van der Waals surface area (Å²) < 4.78 is 13.3. The number of benzene rings is 1. The highest BCUT2D eigenvalue weighted by molar-refractivity contribution is 5.89. The molecule has 1 aromatic rings. The van der Waals surface area contributed by atoms with E-state index in [4.69, 9.17) is 0 Å². The molecule has 102 valence electrons. The van der Waals surface area contributed by atoms with Crippen molar-refractivity contribution in [2.75, 3.05) is 0 Å². The Labute approximate surface area is 110 Å². The van der Waals surface area contributed by atoms with Crippen LogP contribution in [-0.2, 0) is 10.2 Å². The molecule has 3 rings (SSSR count). The minimum absolute atomic E-state index is 0.0974. The first-order chi connectivity index (χ1) is 9.21. The van der Waals surface area contributed by atoms with Crippen molar-refractivity contribution < 1.29 is 9.18 Å². The third-order valence-electron chi connectivity index (χ3n) is 3.79. The molecule has 1 saturated heterocycles. The number of hydrogen-bond donors (Lipinski definition) is 5. The zero-order chi connectivity index (χ0) is 13.3. The molecule has 0 aromatic heterocycles. The van der Waals surface area contributed by atoms with E-state index < -0.39 is 11.7 Å². The highest BCUT2D eigenvalue weighted by atomic mass is 19.1. The Morgan fingerprint density at radius 3 is 2.63 bits per heavy atom. The summed E-state index contributed by atoms with van der Waals surface area (Å²) in [5.74, 6) is -0.406. The Kier molecular flexibility index (Phi) is 3.19. The van der Waals surface area contributed by atoms with Gasteiger partial charge in [-0.1, -0.05) is 18.6 Å². The van der Waals surface area contributed by atoms with Gasteiger partial charge in [-0.25, -0.2) is 15.2 Å². The van der Waals surface area contributed by atoms with E-state index in [0.717, 1.165) is 24.8 Å². The lowest BCUT2D eigenvalue weighted by atomic mass is 9.64. The van der Waals surface area contributed by atoms with E-state index in [1.54, 1.807) is 6.07 Å². The summed E-state index contributed by atoms with van der Waals surface area (Å²) in [6.07, 6.45) is 2.08. The van der Waals surface area contributed by atoms with Gasteiger partial charge in [-0.05, 0) is 30.5 Å². The van der Waals surface area contributed by atoms with Gasteiger partial charge in [-0.2, -0.15) is 11.1 Å². The molecule has 0 atom stereocenters. The molecule has 1 heterocycles. The van der Waals surface area contributed by atoms with Gasteiger partial charge in [0.25, 0.3) is 0 Å². The predicted octanol–water partition coefficient (Wildman–Crippen LogP) is -0.236. The lowest BCUT2D eigenvalue weighted by Gasteiger charge is -2.41. The minimum atomic E-state index is -0.603. The van der Waals surface area contributed by atoms with Crippen molar-refractivity contribution >= 4 is 5.91 Å². The number of rotatable bonds is 3. The van der Waals surface area contributed by atoms with Gasteiger partial charge in [0.15, 0.2) is 6.29 Å². The third kappa shape index (κ3) is 2.21. The van der Waals surface area contributed by atoms with E-state index in [1.807, 2.05) is 6.07 Å². The summed E-state index contributed by atoms with van der Waals surface area (Å²) in [5, 5.41) is 2.83. The van der Waals surface area contributed by atoms with Gasteiger partial charge in [-0.3, -0.25) is 4.79 Å². The lowest BCUT2D eigenvalue weighted by Crippen LogP contribution is -2.57. The molecule has 1 aromatic carbocycles. The molecule has 1 aliphatic carbocycles. The molecule has 1 aliphatic heterocycles. The van der Waals surface area contributed by atoms with Crippen molar-refractivity contribution in [3.8, 4) is 0 Å². The first-order valence-corrected chi connectivity index (χ1v) is 6.29. The molecule has 19 heavy (non-hydrogen) atoms. The molecule has 2 aliphatic rings. The summed E-state index contributed by atoms with van der Waals surface area (Å²) in [5.41, 5.74) is 11.0. The van der Waals surface area contributed by atoms with Crippen LogP contribution in [0.1, 0.15) is 24.8 Å². The standard InChI is InChI=1S/C12H16FN5O/c13-9-4-1-3-8(7-9)12(5-2-6-12)10(19)14-11-15-17-18-16-11/h1,3-4,7,11,15-18H,2,5-6H2,(H,14,19). The fraction of sp³-hybridized carbons (Fsp3) is 0.417. The molecule has 5 N–H and O–H groups in total. The van der Waals surface area contributed by atoms with Gasteiger partial charge < -0.3 is 5.32 Å². The van der Waals surface area contributed by atoms with E-state index in [0.29, 0.717) is 0 Å². The second kappa shape index (κ2) is 4.86. The Balaban J connectivity index is 1.80. The molecule has 0 radical (unpaired) electrons. The van der Waals surface area contributed by atoms with Crippen LogP contribution in [0, 0.1) is 5.82 Å². The summed E-state index contributed by atoms with van der Waals surface area (Å²) >= 11 is 0. The second-order valence-electron chi connectivity index (χ2n) is 4.89. The monoisotopic (exact) mass is 265 g/mol. The van der Waals surface area contributed by atoms with Crippen LogP contribution in [0.25, 0.3) is 0 Å². The maximum Gasteiger partial charge on any atom is 0.232 e. The molecular weight excluding hydrogens is 249 g/mol. The second-order valence-corrected chi connectivity index (χ2v) is 4.89. The van der Waals surface area contributed by atoms with E-state index in [-0.39, 0.29) is 11.7 Å². The van der Waals surface area contributed by atoms with Crippen LogP contribution in [0.2, 0.25) is 0 Å². The fourth-order valence-electron chi connectivity index (χ4n) is 2.56. The molecule has 0 spiro atoms. The Morgan fingerprint density at radius 2 is 2.05 bits per heavy atom. The average molecular weight is 265 g/mol. The van der Waals surface area contributed by atoms with Crippen LogP contribution in [-0.4, -0.2) is 12.2 Å². The van der Waals surface area contributed by atoms with Gasteiger partial charge in [0, 0.05) is 0 Å². The average Bonchev–Trinajstić information content (AvgIpc) is 2.80. The molecule has 0 bridgehead atoms. The maximum absolute atomic E-state index is 13.3. The summed E-state index contributed by atoms with van der Waals surface area (Å²) in [7, 11) is 0. The number of hydrogen-bond acceptors (Lipinski definition) is 5. The zero-order valence-corrected chi connectivity index (χ0v) is 10.3. The van der Waals surface area contributed by atoms with Crippen LogP contribution < -0.4 is 27.2 Å². The summed E-state index contributed by atoms with van der Waals surface area (Å²) in [6, 6.07) is 6.30. The zero-order valence-electron chi connectivity index (χ0n) is 10.3. The van der Waals surface area contributed by atoms with Gasteiger partial charge >= 0.3 is 0 Å². The largest absolute Gasteiger partial charge is 0.325 e. The van der Waals surface area contributed by atoms with E-state index in [1.165, 1.54) is 12.1 Å². The molecule has 6 nitrogen and oxygen atoms in total. The van der Waals surface area contributed by atoms with Crippen molar-refractivity contribution in [2.24, 2.45) is 0 Å². The van der Waals surface area contributed by atoms with Crippen molar-refractivity contribution in [2.45, 2.75) is 31.0 Å². The molecular formula is C12H16FN5O. The Hall–Kier alpha value is -1.54. The molecule has 1 saturated carbocycles. The number of halogens is 1. The summed E-state index contributed by atoms with van der Waals surface area (Å²) in [6.45, 7) is 0. The van der Waals surface area contributed by atoms with Crippen LogP contribution in [0.15, 0.2) is 24.3 Å². The summed E-state index contributed by atoms with van der Waals surface area (Å²) in [4.78, 5) is 12.4. The van der Waals surface area contributed by atoms with Gasteiger partial charge in [0.2, 0.25) is 5.91 Å². The number of carbonyl (C=O) groups excluding carboxylic acids is 1. The number of nitrogens with one attached hydrogen (secondary N) is 5. The number of hydrazine groups is 3. The fourth-order valence-corrected chi connectivity index (χ4v) is 2.56. The lowest BCUT2D eigenvalue weighted by molar-refractivity contribution is -0.131. The van der Waals surface area contributed by atoms with Gasteiger partial charge in [0.05, 0.1) is 5.41 Å². The first-order valence-electron chi connectivity index (χ1n) is 6.29. The highest BCUT2D eigenvalue weighted by Crippen LogP contribution is 2.44. The van der Waals surface area contributed by atoms with Gasteiger partial charge in [0.1, 0.15) is 5.82 Å². The Morgan fingerprint density at radius 1 is 1.32 bits per heavy atom. The SMILES string of the molecule is O=C(NC1NNNN1)C1(c2cccc(F)c2)CCC1. The molecule has 2 fully saturated rings. The molecule has 0 unspecified atom stereocenters. The van der Waals surface area contributed by atoms with E-state index in [9.17, 15) is 9.18 Å². The number of amides is 1. The third-order valence-corrected chi connectivity index (χ3v) is 3.79. The quantitative estimate of drug-likeness (QED) is 0.522. The van der Waals surface area contributed by atoms with E-state index in [2.05, 4.69) is 27.2 Å². The molecule has 7 heteroatoms. The predicted molar refractivity (Wildman–Crippen MR) is 66.4 cm³/mol. The van der Waals surface area contributed by atoms with Crippen molar-refractivity contribution in [1.82, 2.24) is 27.2 Å². The minimum Gasteiger partial charge on any atom is -0.325 e. The van der Waals surface area contributed by atoms with Crippen LogP contribution in [0.4, 0.5) is 4.39 Å². The van der Waals surface area contributed by atoms with Crippen LogP contribution in [0.5, 0.6) is 0 Å². The van der Waals surface area contributed by atoms with Crippen LogP contribution in [0.3, 0.4) is 0 Å². The van der Waals surface area contributed by atoms with Crippen molar-refractivity contribution in [1.29, 1.82) is 0 Å². The maximum atomic E-state index is 13.3. The highest BCUT2D eigenvalue weighted by Gasteiger charge is 2.46. The van der Waals surface area contributed by atoms with Crippen LogP contribution >= 0.6 is 0 Å². The van der Waals surface area contributed by atoms with Crippen molar-refractivity contribution in [3.63, 3.8) is 0 Å². The van der Waals surface area contributed by atoms with E-state index >= 15 is 0 Å².